The van der Waals surface area contributed by atoms with E-state index < -0.39 is 0 Å². The number of pyridine rings is 1. The van der Waals surface area contributed by atoms with Crippen molar-refractivity contribution >= 4 is 0 Å². The van der Waals surface area contributed by atoms with E-state index in [-0.39, 0.29) is 6.79 Å². The molecule has 0 bridgehead atoms. The first kappa shape index (κ1) is 8.01. The van der Waals surface area contributed by atoms with Gasteiger partial charge in [0, 0.05) is 19.4 Å². The summed E-state index contributed by atoms with van der Waals surface area (Å²) in [6.45, 7) is 2.23. The van der Waals surface area contributed by atoms with Gasteiger partial charge in [0.25, 0.3) is 0 Å². The van der Waals surface area contributed by atoms with Crippen LogP contribution in [0.1, 0.15) is 5.56 Å². The molecule has 0 aliphatic carbocycles. The Morgan fingerprint density at radius 2 is 2.36 bits per heavy atom. The maximum absolute atomic E-state index is 5.10. The first-order valence-electron chi connectivity index (χ1n) is 3.37. The lowest BCUT2D eigenvalue weighted by molar-refractivity contribution is 0.0478. The molecule has 0 N–H and O–H groups in total. The standard InChI is InChI=1S/C8H11NO2/c1-7-3-4-9-8(5-7)11-6-10-2/h3-5H,6H2,1-2H3. The van der Waals surface area contributed by atoms with E-state index in [0.717, 1.165) is 5.56 Å². The molecule has 1 heterocycles. The van der Waals surface area contributed by atoms with Gasteiger partial charge in [-0.25, -0.2) is 4.98 Å². The molecule has 1 aromatic heterocycles. The van der Waals surface area contributed by atoms with Crippen molar-refractivity contribution in [2.45, 2.75) is 6.92 Å². The van der Waals surface area contributed by atoms with Crippen LogP contribution in [0.15, 0.2) is 18.3 Å². The molecular formula is C8H11NO2. The molecule has 0 atom stereocenters. The van der Waals surface area contributed by atoms with Gasteiger partial charge in [-0.1, -0.05) is 0 Å². The van der Waals surface area contributed by atoms with E-state index >= 15 is 0 Å². The summed E-state index contributed by atoms with van der Waals surface area (Å²) in [6, 6.07) is 3.78. The summed E-state index contributed by atoms with van der Waals surface area (Å²) < 4.78 is 9.83. The monoisotopic (exact) mass is 153 g/mol. The highest BCUT2D eigenvalue weighted by Crippen LogP contribution is 2.07. The number of nitrogens with zero attached hydrogens (tertiary/aromatic N) is 1. The van der Waals surface area contributed by atoms with Crippen LogP contribution in [0.4, 0.5) is 0 Å². The predicted octanol–water partition coefficient (Wildman–Crippen LogP) is 1.37. The quantitative estimate of drug-likeness (QED) is 0.614. The van der Waals surface area contributed by atoms with Gasteiger partial charge >= 0.3 is 0 Å². The topological polar surface area (TPSA) is 31.4 Å². The van der Waals surface area contributed by atoms with Crippen LogP contribution < -0.4 is 4.74 Å². The third kappa shape index (κ3) is 2.55. The SMILES string of the molecule is COCOc1cc(C)ccn1. The average Bonchev–Trinajstić information content (AvgIpc) is 2.01. The molecule has 60 valence electrons. The van der Waals surface area contributed by atoms with E-state index in [1.165, 1.54) is 0 Å². The smallest absolute Gasteiger partial charge is 0.215 e. The number of methoxy groups -OCH3 is 1. The van der Waals surface area contributed by atoms with Gasteiger partial charge in [-0.05, 0) is 18.6 Å². The van der Waals surface area contributed by atoms with E-state index in [9.17, 15) is 0 Å². The van der Waals surface area contributed by atoms with E-state index in [0.29, 0.717) is 5.88 Å². The summed E-state index contributed by atoms with van der Waals surface area (Å²) >= 11 is 0. The van der Waals surface area contributed by atoms with Crippen LogP contribution in [0.2, 0.25) is 0 Å². The molecular weight excluding hydrogens is 142 g/mol. The minimum absolute atomic E-state index is 0.246. The third-order valence-corrected chi connectivity index (χ3v) is 1.22. The highest BCUT2D eigenvalue weighted by molar-refractivity contribution is 5.18. The number of hydrogen-bond acceptors (Lipinski definition) is 3. The van der Waals surface area contributed by atoms with Crippen LogP contribution in [0.3, 0.4) is 0 Å². The van der Waals surface area contributed by atoms with Crippen LogP contribution in [-0.2, 0) is 4.74 Å². The van der Waals surface area contributed by atoms with Crippen molar-refractivity contribution in [1.29, 1.82) is 0 Å². The lowest BCUT2D eigenvalue weighted by Crippen LogP contribution is -2.00. The predicted molar refractivity (Wildman–Crippen MR) is 41.5 cm³/mol. The molecule has 0 fully saturated rings. The molecule has 3 heteroatoms. The van der Waals surface area contributed by atoms with Crippen LogP contribution in [0.25, 0.3) is 0 Å². The Morgan fingerprint density at radius 3 is 3.00 bits per heavy atom. The van der Waals surface area contributed by atoms with Crippen molar-refractivity contribution in [3.63, 3.8) is 0 Å². The molecule has 1 rings (SSSR count). The molecule has 0 aromatic carbocycles. The van der Waals surface area contributed by atoms with Crippen molar-refractivity contribution in [2.75, 3.05) is 13.9 Å². The summed E-state index contributed by atoms with van der Waals surface area (Å²) in [6.07, 6.45) is 1.71. The number of hydrogen-bond donors (Lipinski definition) is 0. The Balaban J connectivity index is 2.56. The van der Waals surface area contributed by atoms with Crippen LogP contribution in [-0.4, -0.2) is 18.9 Å². The van der Waals surface area contributed by atoms with Gasteiger partial charge in [-0.2, -0.15) is 0 Å². The highest BCUT2D eigenvalue weighted by atomic mass is 16.7. The molecule has 3 nitrogen and oxygen atoms in total. The van der Waals surface area contributed by atoms with Gasteiger partial charge in [0.1, 0.15) is 0 Å². The van der Waals surface area contributed by atoms with Crippen molar-refractivity contribution in [1.82, 2.24) is 4.98 Å². The van der Waals surface area contributed by atoms with Crippen LogP contribution >= 0.6 is 0 Å². The van der Waals surface area contributed by atoms with Gasteiger partial charge in [-0.3, -0.25) is 0 Å². The van der Waals surface area contributed by atoms with E-state index in [4.69, 9.17) is 9.47 Å². The summed E-state index contributed by atoms with van der Waals surface area (Å²) in [5.74, 6) is 0.604. The van der Waals surface area contributed by atoms with Crippen molar-refractivity contribution in [2.24, 2.45) is 0 Å². The molecule has 0 aliphatic rings. The second-order valence-electron chi connectivity index (χ2n) is 2.22. The molecule has 11 heavy (non-hydrogen) atoms. The van der Waals surface area contributed by atoms with E-state index in [2.05, 4.69) is 4.98 Å². The molecule has 0 amide bonds. The second-order valence-corrected chi connectivity index (χ2v) is 2.22. The zero-order valence-electron chi connectivity index (χ0n) is 6.70. The van der Waals surface area contributed by atoms with Gasteiger partial charge in [-0.15, -0.1) is 0 Å². The van der Waals surface area contributed by atoms with Crippen molar-refractivity contribution < 1.29 is 9.47 Å². The minimum Gasteiger partial charge on any atom is -0.451 e. The van der Waals surface area contributed by atoms with Crippen molar-refractivity contribution in [3.05, 3.63) is 23.9 Å². The lowest BCUT2D eigenvalue weighted by Gasteiger charge is -2.02. The zero-order chi connectivity index (χ0) is 8.10. The second kappa shape index (κ2) is 3.93. The molecule has 0 saturated heterocycles. The Hall–Kier alpha value is -1.09. The molecule has 1 aromatic rings. The molecule has 0 spiro atoms. The molecule has 0 aliphatic heterocycles. The average molecular weight is 153 g/mol. The number of aryl methyl sites for hydroxylation is 1. The fourth-order valence-electron chi connectivity index (χ4n) is 0.707. The normalized spacial score (nSPS) is 9.64. The maximum Gasteiger partial charge on any atom is 0.215 e. The summed E-state index contributed by atoms with van der Waals surface area (Å²) in [7, 11) is 1.58. The Kier molecular flexibility index (Phi) is 2.86. The largest absolute Gasteiger partial charge is 0.451 e. The van der Waals surface area contributed by atoms with E-state index in [1.807, 2.05) is 19.1 Å². The van der Waals surface area contributed by atoms with Crippen LogP contribution in [0, 0.1) is 6.92 Å². The number of rotatable bonds is 3. The number of aromatic nitrogens is 1. The Labute approximate surface area is 66.0 Å². The first-order valence-corrected chi connectivity index (χ1v) is 3.37. The molecule has 0 saturated carbocycles. The number of ether oxygens (including phenoxy) is 2. The fraction of sp³-hybridized carbons (Fsp3) is 0.375. The minimum atomic E-state index is 0.246. The third-order valence-electron chi connectivity index (χ3n) is 1.22. The lowest BCUT2D eigenvalue weighted by atomic mass is 10.3. The van der Waals surface area contributed by atoms with Gasteiger partial charge in [0.2, 0.25) is 5.88 Å². The van der Waals surface area contributed by atoms with Gasteiger partial charge < -0.3 is 9.47 Å². The summed E-state index contributed by atoms with van der Waals surface area (Å²) in [4.78, 5) is 3.97. The molecule has 0 radical (unpaired) electrons. The fourth-order valence-corrected chi connectivity index (χ4v) is 0.707. The summed E-state index contributed by atoms with van der Waals surface area (Å²) in [5.41, 5.74) is 1.13. The van der Waals surface area contributed by atoms with Crippen molar-refractivity contribution in [3.8, 4) is 5.88 Å². The van der Waals surface area contributed by atoms with Crippen LogP contribution in [0.5, 0.6) is 5.88 Å². The Morgan fingerprint density at radius 1 is 1.55 bits per heavy atom. The zero-order valence-corrected chi connectivity index (χ0v) is 6.70. The Bertz CT molecular complexity index is 225. The van der Waals surface area contributed by atoms with Gasteiger partial charge in [0.15, 0.2) is 6.79 Å². The highest BCUT2D eigenvalue weighted by Gasteiger charge is 1.92. The summed E-state index contributed by atoms with van der Waals surface area (Å²) in [5, 5.41) is 0. The molecule has 0 unspecified atom stereocenters. The van der Waals surface area contributed by atoms with E-state index in [1.54, 1.807) is 13.3 Å². The maximum atomic E-state index is 5.10. The first-order chi connectivity index (χ1) is 5.33. The van der Waals surface area contributed by atoms with Gasteiger partial charge in [0.05, 0.1) is 0 Å².